The average Bonchev–Trinajstić information content (AvgIpc) is 2.73. The van der Waals surface area contributed by atoms with Gasteiger partial charge in [-0.15, -0.1) is 0 Å². The molecule has 10 heteroatoms. The highest BCUT2D eigenvalue weighted by molar-refractivity contribution is 7.90. The highest BCUT2D eigenvalue weighted by atomic mass is 32.2. The predicted molar refractivity (Wildman–Crippen MR) is 120 cm³/mol. The highest BCUT2D eigenvalue weighted by Crippen LogP contribution is 2.41. The van der Waals surface area contributed by atoms with Gasteiger partial charge in [0.1, 0.15) is 10.6 Å². The van der Waals surface area contributed by atoms with Crippen molar-refractivity contribution in [1.82, 2.24) is 0 Å². The number of carbonyl (C=O) groups is 1. The molecule has 0 spiro atoms. The number of carboxylic acids is 1. The molecule has 0 unspecified atom stereocenters. The van der Waals surface area contributed by atoms with Crippen LogP contribution in [0.1, 0.15) is 55.5 Å². The molecule has 2 rings (SSSR count). The zero-order valence-electron chi connectivity index (χ0n) is 18.8. The molecule has 182 valence electrons. The second-order valence-electron chi connectivity index (χ2n) is 7.72. The van der Waals surface area contributed by atoms with Gasteiger partial charge in [-0.1, -0.05) is 26.7 Å². The first-order valence-electron chi connectivity index (χ1n) is 10.6. The number of ether oxygens (including phenoxy) is 1. The van der Waals surface area contributed by atoms with Crippen molar-refractivity contribution < 1.29 is 36.2 Å². The SMILES string of the molecule is CCCCN(CCCC)c1cc(C(=O)O)cc(S(C)(=O)=O)c1Oc1ccc(C(F)(F)F)cc1. The Labute approximate surface area is 191 Å². The third-order valence-corrected chi connectivity index (χ3v) is 6.09. The minimum atomic E-state index is -4.53. The van der Waals surface area contributed by atoms with E-state index in [1.807, 2.05) is 18.7 Å². The zero-order chi connectivity index (χ0) is 24.8. The Hall–Kier alpha value is -2.75. The van der Waals surface area contributed by atoms with E-state index in [2.05, 4.69) is 0 Å². The number of aromatic carboxylic acids is 1. The number of anilines is 1. The second-order valence-corrected chi connectivity index (χ2v) is 9.70. The smallest absolute Gasteiger partial charge is 0.416 e. The van der Waals surface area contributed by atoms with Gasteiger partial charge in [0.05, 0.1) is 16.8 Å². The number of nitrogens with zero attached hydrogens (tertiary/aromatic N) is 1. The molecule has 0 bridgehead atoms. The number of hydrogen-bond acceptors (Lipinski definition) is 5. The number of benzene rings is 2. The molecule has 0 heterocycles. The summed E-state index contributed by atoms with van der Waals surface area (Å²) in [5, 5.41) is 9.56. The Bertz CT molecular complexity index is 1060. The third kappa shape index (κ3) is 7.12. The van der Waals surface area contributed by atoms with E-state index in [4.69, 9.17) is 4.74 Å². The minimum absolute atomic E-state index is 0.00292. The number of halogens is 3. The van der Waals surface area contributed by atoms with Gasteiger partial charge in [-0.05, 0) is 49.2 Å². The van der Waals surface area contributed by atoms with Gasteiger partial charge < -0.3 is 14.7 Å². The van der Waals surface area contributed by atoms with Gasteiger partial charge >= 0.3 is 12.1 Å². The van der Waals surface area contributed by atoms with Crippen LogP contribution in [-0.2, 0) is 16.0 Å². The molecule has 0 aliphatic heterocycles. The van der Waals surface area contributed by atoms with Crippen LogP contribution in [0.25, 0.3) is 0 Å². The molecule has 0 amide bonds. The fourth-order valence-electron chi connectivity index (χ4n) is 3.20. The summed E-state index contributed by atoms with van der Waals surface area (Å²) in [6.07, 6.45) is -0.337. The zero-order valence-corrected chi connectivity index (χ0v) is 19.6. The molecule has 0 saturated heterocycles. The maximum absolute atomic E-state index is 12.9. The van der Waals surface area contributed by atoms with Crippen LogP contribution >= 0.6 is 0 Å². The normalized spacial score (nSPS) is 11.9. The Morgan fingerprint density at radius 2 is 1.58 bits per heavy atom. The molecule has 0 aliphatic carbocycles. The second kappa shape index (κ2) is 10.9. The molecule has 0 aliphatic rings. The Morgan fingerprint density at radius 1 is 1.03 bits per heavy atom. The molecular weight excluding hydrogens is 459 g/mol. The first-order valence-corrected chi connectivity index (χ1v) is 12.5. The lowest BCUT2D eigenvalue weighted by Gasteiger charge is -2.28. The van der Waals surface area contributed by atoms with Crippen LogP contribution < -0.4 is 9.64 Å². The van der Waals surface area contributed by atoms with E-state index in [0.717, 1.165) is 62.3 Å². The van der Waals surface area contributed by atoms with Gasteiger partial charge in [0.15, 0.2) is 15.6 Å². The quantitative estimate of drug-likeness (QED) is 0.418. The maximum atomic E-state index is 12.9. The summed E-state index contributed by atoms with van der Waals surface area (Å²) in [6, 6.07) is 6.25. The molecule has 0 fully saturated rings. The van der Waals surface area contributed by atoms with Crippen LogP contribution in [-0.4, -0.2) is 38.8 Å². The van der Waals surface area contributed by atoms with E-state index >= 15 is 0 Å². The fourth-order valence-corrected chi connectivity index (χ4v) is 4.03. The van der Waals surface area contributed by atoms with E-state index in [9.17, 15) is 31.5 Å². The van der Waals surface area contributed by atoms with Crippen molar-refractivity contribution in [2.75, 3.05) is 24.2 Å². The maximum Gasteiger partial charge on any atom is 0.416 e. The first-order chi connectivity index (χ1) is 15.4. The Morgan fingerprint density at radius 3 is 2.00 bits per heavy atom. The van der Waals surface area contributed by atoms with Crippen LogP contribution in [0, 0.1) is 0 Å². The largest absolute Gasteiger partial charge is 0.478 e. The van der Waals surface area contributed by atoms with Crippen molar-refractivity contribution in [3.8, 4) is 11.5 Å². The van der Waals surface area contributed by atoms with Crippen molar-refractivity contribution in [3.63, 3.8) is 0 Å². The fraction of sp³-hybridized carbons (Fsp3) is 0.435. The van der Waals surface area contributed by atoms with Crippen molar-refractivity contribution in [2.45, 2.75) is 50.6 Å². The number of carboxylic acid groups (broad SMARTS) is 1. The Kier molecular flexibility index (Phi) is 8.76. The number of unbranched alkanes of at least 4 members (excludes halogenated alkanes) is 2. The average molecular weight is 488 g/mol. The predicted octanol–water partition coefficient (Wildman–Crippen LogP) is 6.01. The molecule has 0 radical (unpaired) electrons. The van der Waals surface area contributed by atoms with Crippen molar-refractivity contribution >= 4 is 21.5 Å². The van der Waals surface area contributed by atoms with E-state index in [-0.39, 0.29) is 27.6 Å². The van der Waals surface area contributed by atoms with Gasteiger partial charge in [-0.25, -0.2) is 13.2 Å². The standard InChI is InChI=1S/C23H28F3NO5S/c1-4-6-12-27(13-7-5-2)19-14-16(22(28)29)15-20(33(3,30)31)21(19)32-18-10-8-17(9-11-18)23(24,25)26/h8-11,14-15H,4-7,12-13H2,1-3H3,(H,28,29). The summed E-state index contributed by atoms with van der Waals surface area (Å²) >= 11 is 0. The van der Waals surface area contributed by atoms with Crippen LogP contribution in [0.2, 0.25) is 0 Å². The van der Waals surface area contributed by atoms with E-state index in [1.165, 1.54) is 6.07 Å². The third-order valence-electron chi connectivity index (χ3n) is 4.99. The van der Waals surface area contributed by atoms with E-state index < -0.39 is 27.5 Å². The molecular formula is C23H28F3NO5S. The van der Waals surface area contributed by atoms with Crippen LogP contribution in [0.5, 0.6) is 11.5 Å². The van der Waals surface area contributed by atoms with Gasteiger partial charge in [0.2, 0.25) is 0 Å². The molecule has 0 saturated carbocycles. The number of sulfone groups is 1. The lowest BCUT2D eigenvalue weighted by atomic mass is 10.1. The summed E-state index contributed by atoms with van der Waals surface area (Å²) in [6.45, 7) is 5.05. The Balaban J connectivity index is 2.69. The monoisotopic (exact) mass is 487 g/mol. The number of rotatable bonds is 11. The molecule has 1 N–H and O–H groups in total. The molecule has 2 aromatic carbocycles. The molecule has 6 nitrogen and oxygen atoms in total. The molecule has 0 aromatic heterocycles. The molecule has 0 atom stereocenters. The summed E-state index contributed by atoms with van der Waals surface area (Å²) in [7, 11) is -3.93. The van der Waals surface area contributed by atoms with Gasteiger partial charge in [-0.3, -0.25) is 0 Å². The van der Waals surface area contributed by atoms with Gasteiger partial charge in [0.25, 0.3) is 0 Å². The van der Waals surface area contributed by atoms with Crippen LogP contribution in [0.15, 0.2) is 41.3 Å². The number of alkyl halides is 3. The number of hydrogen-bond donors (Lipinski definition) is 1. The first kappa shape index (κ1) is 26.5. The molecule has 33 heavy (non-hydrogen) atoms. The lowest BCUT2D eigenvalue weighted by Crippen LogP contribution is -2.27. The minimum Gasteiger partial charge on any atom is -0.478 e. The highest BCUT2D eigenvalue weighted by Gasteiger charge is 2.30. The van der Waals surface area contributed by atoms with Crippen LogP contribution in [0.4, 0.5) is 18.9 Å². The lowest BCUT2D eigenvalue weighted by molar-refractivity contribution is -0.137. The molecule has 2 aromatic rings. The van der Waals surface area contributed by atoms with Crippen molar-refractivity contribution in [1.29, 1.82) is 0 Å². The van der Waals surface area contributed by atoms with Gasteiger partial charge in [0, 0.05) is 19.3 Å². The van der Waals surface area contributed by atoms with Crippen LogP contribution in [0.3, 0.4) is 0 Å². The van der Waals surface area contributed by atoms with Gasteiger partial charge in [-0.2, -0.15) is 13.2 Å². The van der Waals surface area contributed by atoms with Crippen molar-refractivity contribution in [2.24, 2.45) is 0 Å². The van der Waals surface area contributed by atoms with Crippen molar-refractivity contribution in [3.05, 3.63) is 47.5 Å². The summed E-state index contributed by atoms with van der Waals surface area (Å²) in [5.41, 5.74) is -0.813. The summed E-state index contributed by atoms with van der Waals surface area (Å²) < 4.78 is 69.7. The van der Waals surface area contributed by atoms with E-state index in [1.54, 1.807) is 0 Å². The summed E-state index contributed by atoms with van der Waals surface area (Å²) in [5.74, 6) is -1.40. The topological polar surface area (TPSA) is 83.9 Å². The van der Waals surface area contributed by atoms with E-state index in [0.29, 0.717) is 13.1 Å². The summed E-state index contributed by atoms with van der Waals surface area (Å²) in [4.78, 5) is 13.3.